The molecule has 1 aliphatic rings. The fraction of sp³-hybridized carbons (Fsp3) is 0.360. The van der Waals surface area contributed by atoms with Gasteiger partial charge in [0.2, 0.25) is 5.95 Å². The van der Waals surface area contributed by atoms with Crippen molar-refractivity contribution in [3.63, 3.8) is 0 Å². The topological polar surface area (TPSA) is 89.2 Å². The maximum Gasteiger partial charge on any atom is 0.247 e. The van der Waals surface area contributed by atoms with Crippen LogP contribution in [0.1, 0.15) is 29.9 Å². The summed E-state index contributed by atoms with van der Waals surface area (Å²) in [4.78, 5) is 7.14. The molecule has 1 fully saturated rings. The van der Waals surface area contributed by atoms with Crippen molar-refractivity contribution < 1.29 is 9.26 Å². The van der Waals surface area contributed by atoms with Gasteiger partial charge in [0, 0.05) is 17.8 Å². The molecule has 2 aromatic carbocycles. The number of aromatic nitrogens is 4. The lowest BCUT2D eigenvalue weighted by molar-refractivity contribution is 0.238. The summed E-state index contributed by atoms with van der Waals surface area (Å²) >= 11 is 0. The van der Waals surface area contributed by atoms with Gasteiger partial charge < -0.3 is 14.6 Å². The average Bonchev–Trinajstić information content (AvgIpc) is 3.45. The van der Waals surface area contributed by atoms with Gasteiger partial charge in [0.05, 0.1) is 11.2 Å². The number of likely N-dealkylation sites (tertiary alicyclic amines) is 1. The Bertz CT molecular complexity index is 1240. The Morgan fingerprint density at radius 1 is 1.03 bits per heavy atom. The van der Waals surface area contributed by atoms with Crippen LogP contribution >= 0.6 is 0 Å². The third-order valence-corrected chi connectivity index (χ3v) is 6.06. The van der Waals surface area contributed by atoms with Crippen LogP contribution in [0.5, 0.6) is 5.75 Å². The zero-order chi connectivity index (χ0) is 22.8. The van der Waals surface area contributed by atoms with Crippen molar-refractivity contribution in [3.8, 4) is 16.9 Å². The summed E-state index contributed by atoms with van der Waals surface area (Å²) in [6.45, 7) is 9.94. The molecule has 0 unspecified atom stereocenters. The summed E-state index contributed by atoms with van der Waals surface area (Å²) in [5.41, 5.74) is 6.30. The van der Waals surface area contributed by atoms with Crippen LogP contribution in [0.15, 0.2) is 40.9 Å². The van der Waals surface area contributed by atoms with E-state index in [0.29, 0.717) is 12.6 Å². The molecule has 2 aromatic heterocycles. The second-order valence-corrected chi connectivity index (χ2v) is 8.54. The predicted octanol–water partition coefficient (Wildman–Crippen LogP) is 4.82. The van der Waals surface area contributed by atoms with Gasteiger partial charge in [0.25, 0.3) is 0 Å². The largest absolute Gasteiger partial charge is 0.492 e. The third kappa shape index (κ3) is 4.66. The number of anilines is 2. The van der Waals surface area contributed by atoms with Crippen molar-refractivity contribution in [2.45, 2.75) is 33.6 Å². The molecule has 33 heavy (non-hydrogen) atoms. The molecule has 1 N–H and O–H groups in total. The highest BCUT2D eigenvalue weighted by atomic mass is 16.5. The highest BCUT2D eigenvalue weighted by Crippen LogP contribution is 2.30. The monoisotopic (exact) mass is 444 g/mol. The molecule has 0 atom stereocenters. The van der Waals surface area contributed by atoms with Crippen molar-refractivity contribution in [1.82, 2.24) is 25.2 Å². The number of fused-ring (bicyclic) bond motifs is 1. The summed E-state index contributed by atoms with van der Waals surface area (Å²) in [7, 11) is 0. The second-order valence-electron chi connectivity index (χ2n) is 8.54. The lowest BCUT2D eigenvalue weighted by atomic mass is 10.0. The lowest BCUT2D eigenvalue weighted by Gasteiger charge is -2.15. The Morgan fingerprint density at radius 3 is 2.55 bits per heavy atom. The number of benzene rings is 2. The van der Waals surface area contributed by atoms with Crippen LogP contribution in [0.25, 0.3) is 22.2 Å². The fourth-order valence-corrected chi connectivity index (χ4v) is 4.37. The van der Waals surface area contributed by atoms with Crippen LogP contribution in [0, 0.1) is 20.8 Å². The van der Waals surface area contributed by atoms with Crippen LogP contribution in [-0.4, -0.2) is 51.5 Å². The molecule has 1 aliphatic heterocycles. The minimum atomic E-state index is 0.457. The van der Waals surface area contributed by atoms with E-state index in [9.17, 15) is 0 Å². The number of nitrogens with one attached hydrogen (secondary N) is 1. The molecule has 0 saturated carbocycles. The summed E-state index contributed by atoms with van der Waals surface area (Å²) in [6.07, 6.45) is 2.60. The number of hydrogen-bond donors (Lipinski definition) is 1. The first-order chi connectivity index (χ1) is 16.1. The average molecular weight is 445 g/mol. The van der Waals surface area contributed by atoms with Crippen LogP contribution in [0.4, 0.5) is 11.6 Å². The van der Waals surface area contributed by atoms with E-state index >= 15 is 0 Å². The van der Waals surface area contributed by atoms with Gasteiger partial charge in [-0.15, -0.1) is 10.2 Å². The van der Waals surface area contributed by atoms with Crippen molar-refractivity contribution >= 4 is 22.7 Å². The van der Waals surface area contributed by atoms with Gasteiger partial charge in [-0.2, -0.15) is 0 Å². The van der Waals surface area contributed by atoms with E-state index in [1.54, 1.807) is 0 Å². The normalized spacial score (nSPS) is 14.2. The van der Waals surface area contributed by atoms with Crippen LogP contribution in [-0.2, 0) is 0 Å². The van der Waals surface area contributed by atoms with E-state index < -0.39 is 0 Å². The first kappa shape index (κ1) is 21.3. The zero-order valence-corrected chi connectivity index (χ0v) is 19.3. The summed E-state index contributed by atoms with van der Waals surface area (Å²) < 4.78 is 11.2. The van der Waals surface area contributed by atoms with E-state index in [-0.39, 0.29) is 0 Å². The Kier molecular flexibility index (Phi) is 5.92. The predicted molar refractivity (Wildman–Crippen MR) is 128 cm³/mol. The molecule has 0 spiro atoms. The highest BCUT2D eigenvalue weighted by Gasteiger charge is 2.15. The Labute approximate surface area is 193 Å². The van der Waals surface area contributed by atoms with Gasteiger partial charge in [-0.1, -0.05) is 5.16 Å². The number of nitrogens with zero attached hydrogens (tertiary/aromatic N) is 5. The van der Waals surface area contributed by atoms with Crippen LogP contribution < -0.4 is 10.1 Å². The first-order valence-corrected chi connectivity index (χ1v) is 11.4. The van der Waals surface area contributed by atoms with E-state index in [0.717, 1.165) is 57.2 Å². The van der Waals surface area contributed by atoms with E-state index in [2.05, 4.69) is 31.6 Å². The number of rotatable bonds is 7. The molecule has 1 saturated heterocycles. The quantitative estimate of drug-likeness (QED) is 0.434. The standard InChI is InChI=1S/C25H28N6O2/c1-16-14-19(23-17(2)30-33-18(23)3)15-22-24(16)27-25(29-28-22)26-20-6-8-21(9-7-20)32-13-12-31-10-4-5-11-31/h6-9,14-15H,4-5,10-13H2,1-3H3,(H,26,27,29). The molecule has 170 valence electrons. The van der Waals surface area contributed by atoms with Crippen molar-refractivity contribution in [3.05, 3.63) is 53.4 Å². The van der Waals surface area contributed by atoms with Gasteiger partial charge in [0.1, 0.15) is 23.6 Å². The fourth-order valence-electron chi connectivity index (χ4n) is 4.37. The lowest BCUT2D eigenvalue weighted by Crippen LogP contribution is -2.25. The molecule has 0 bridgehead atoms. The van der Waals surface area contributed by atoms with Crippen LogP contribution in [0.2, 0.25) is 0 Å². The molecule has 0 amide bonds. The minimum Gasteiger partial charge on any atom is -0.492 e. The molecule has 0 aliphatic carbocycles. The Balaban J connectivity index is 1.28. The van der Waals surface area contributed by atoms with E-state index in [4.69, 9.17) is 14.2 Å². The zero-order valence-electron chi connectivity index (χ0n) is 19.3. The van der Waals surface area contributed by atoms with E-state index in [1.165, 1.54) is 25.9 Å². The summed E-state index contributed by atoms with van der Waals surface area (Å²) in [6, 6.07) is 11.9. The maximum atomic E-state index is 5.88. The smallest absolute Gasteiger partial charge is 0.247 e. The number of aryl methyl sites for hydroxylation is 3. The summed E-state index contributed by atoms with van der Waals surface area (Å²) in [5.74, 6) is 2.10. The summed E-state index contributed by atoms with van der Waals surface area (Å²) in [5, 5.41) is 16.0. The third-order valence-electron chi connectivity index (χ3n) is 6.06. The molecule has 0 radical (unpaired) electrons. The molecule has 8 heteroatoms. The minimum absolute atomic E-state index is 0.457. The Hall–Kier alpha value is -3.52. The molecule has 4 aromatic rings. The van der Waals surface area contributed by atoms with Gasteiger partial charge in [0.15, 0.2) is 0 Å². The van der Waals surface area contributed by atoms with Gasteiger partial charge >= 0.3 is 0 Å². The van der Waals surface area contributed by atoms with Gasteiger partial charge in [-0.3, -0.25) is 4.90 Å². The van der Waals surface area contributed by atoms with Crippen LogP contribution in [0.3, 0.4) is 0 Å². The van der Waals surface area contributed by atoms with Gasteiger partial charge in [-0.05, 0) is 94.2 Å². The molecular formula is C25H28N6O2. The molecule has 3 heterocycles. The number of ether oxygens (including phenoxy) is 1. The first-order valence-electron chi connectivity index (χ1n) is 11.4. The molecule has 5 rings (SSSR count). The second kappa shape index (κ2) is 9.15. The van der Waals surface area contributed by atoms with Crippen molar-refractivity contribution in [2.75, 3.05) is 31.6 Å². The molecule has 8 nitrogen and oxygen atoms in total. The highest BCUT2D eigenvalue weighted by molar-refractivity contribution is 5.85. The molecular weight excluding hydrogens is 416 g/mol. The maximum absolute atomic E-state index is 5.88. The number of hydrogen-bond acceptors (Lipinski definition) is 8. The van der Waals surface area contributed by atoms with E-state index in [1.807, 2.05) is 51.1 Å². The van der Waals surface area contributed by atoms with Crippen molar-refractivity contribution in [2.24, 2.45) is 0 Å². The van der Waals surface area contributed by atoms with Gasteiger partial charge in [-0.25, -0.2) is 4.98 Å². The SMILES string of the molecule is Cc1noc(C)c1-c1cc(C)c2nc(Nc3ccc(OCCN4CCCC4)cc3)nnc2c1. The van der Waals surface area contributed by atoms with Crippen molar-refractivity contribution in [1.29, 1.82) is 0 Å². The Morgan fingerprint density at radius 2 is 1.82 bits per heavy atom.